The molecular weight excluding hydrogens is 210 g/mol. The van der Waals surface area contributed by atoms with Crippen LogP contribution in [0.5, 0.6) is 0 Å². The van der Waals surface area contributed by atoms with Gasteiger partial charge >= 0.3 is 0 Å². The Morgan fingerprint density at radius 3 is 2.71 bits per heavy atom. The third-order valence-corrected chi connectivity index (χ3v) is 4.17. The van der Waals surface area contributed by atoms with Gasteiger partial charge in [-0.25, -0.2) is 0 Å². The van der Waals surface area contributed by atoms with Gasteiger partial charge in [0.1, 0.15) is 0 Å². The number of hydrogen-bond acceptors (Lipinski definition) is 2. The van der Waals surface area contributed by atoms with E-state index in [1.54, 1.807) is 0 Å². The smallest absolute Gasteiger partial charge is 0.0963 e. The average molecular weight is 239 g/mol. The summed E-state index contributed by atoms with van der Waals surface area (Å²) in [5.74, 6) is 0.321. The van der Waals surface area contributed by atoms with Crippen LogP contribution in [0, 0.1) is 10.8 Å². The van der Waals surface area contributed by atoms with Crippen LogP contribution in [-0.4, -0.2) is 29.9 Å². The SMILES string of the molecule is CC1CCCCCN1CCCC(C)(C)C(=N)N. The number of likely N-dealkylation sites (tertiary alicyclic amines) is 1. The fraction of sp³-hybridized carbons (Fsp3) is 0.929. The number of nitrogens with zero attached hydrogens (tertiary/aromatic N) is 1. The lowest BCUT2D eigenvalue weighted by atomic mass is 9.86. The number of nitrogens with one attached hydrogen (secondary N) is 1. The van der Waals surface area contributed by atoms with E-state index in [4.69, 9.17) is 11.1 Å². The molecule has 0 aromatic carbocycles. The Morgan fingerprint density at radius 1 is 1.35 bits per heavy atom. The third-order valence-electron chi connectivity index (χ3n) is 4.17. The molecule has 0 radical (unpaired) electrons. The predicted molar refractivity (Wildman–Crippen MR) is 74.4 cm³/mol. The summed E-state index contributed by atoms with van der Waals surface area (Å²) in [7, 11) is 0. The van der Waals surface area contributed by atoms with Gasteiger partial charge in [-0.2, -0.15) is 0 Å². The molecule has 1 saturated heterocycles. The lowest BCUT2D eigenvalue weighted by Crippen LogP contribution is -2.35. The van der Waals surface area contributed by atoms with Gasteiger partial charge < -0.3 is 10.6 Å². The molecule has 1 aliphatic rings. The molecule has 3 nitrogen and oxygen atoms in total. The van der Waals surface area contributed by atoms with Crippen molar-refractivity contribution in [2.75, 3.05) is 13.1 Å². The number of amidine groups is 1. The zero-order valence-corrected chi connectivity index (χ0v) is 11.8. The maximum absolute atomic E-state index is 7.56. The van der Waals surface area contributed by atoms with Crippen molar-refractivity contribution in [3.05, 3.63) is 0 Å². The summed E-state index contributed by atoms with van der Waals surface area (Å²) in [6, 6.07) is 0.734. The lowest BCUT2D eigenvalue weighted by Gasteiger charge is -2.29. The highest BCUT2D eigenvalue weighted by Gasteiger charge is 2.22. The summed E-state index contributed by atoms with van der Waals surface area (Å²) in [6.45, 7) is 8.91. The van der Waals surface area contributed by atoms with E-state index in [0.717, 1.165) is 25.4 Å². The van der Waals surface area contributed by atoms with E-state index in [1.165, 1.54) is 32.2 Å². The van der Waals surface area contributed by atoms with Crippen molar-refractivity contribution < 1.29 is 0 Å². The maximum Gasteiger partial charge on any atom is 0.0963 e. The van der Waals surface area contributed by atoms with Gasteiger partial charge in [0, 0.05) is 11.5 Å². The highest BCUT2D eigenvalue weighted by molar-refractivity contribution is 5.82. The van der Waals surface area contributed by atoms with Crippen LogP contribution >= 0.6 is 0 Å². The quantitative estimate of drug-likeness (QED) is 0.572. The zero-order chi connectivity index (χ0) is 12.9. The second kappa shape index (κ2) is 6.39. The molecule has 0 aromatic heterocycles. The van der Waals surface area contributed by atoms with E-state index in [-0.39, 0.29) is 5.41 Å². The molecule has 0 aromatic rings. The molecule has 0 amide bonds. The standard InChI is InChI=1S/C14H29N3/c1-12-8-5-4-6-10-17(12)11-7-9-14(2,3)13(15)16/h12H,4-11H2,1-3H3,(H3,15,16). The summed E-state index contributed by atoms with van der Waals surface area (Å²) in [5.41, 5.74) is 5.48. The molecule has 1 rings (SSSR count). The van der Waals surface area contributed by atoms with Crippen LogP contribution in [0.4, 0.5) is 0 Å². The molecule has 3 heteroatoms. The van der Waals surface area contributed by atoms with Crippen molar-refractivity contribution in [2.24, 2.45) is 11.1 Å². The monoisotopic (exact) mass is 239 g/mol. The van der Waals surface area contributed by atoms with Crippen molar-refractivity contribution >= 4 is 5.84 Å². The van der Waals surface area contributed by atoms with Crippen LogP contribution in [0.25, 0.3) is 0 Å². The first-order chi connectivity index (χ1) is 7.93. The Bertz CT molecular complexity index is 248. The first kappa shape index (κ1) is 14.5. The highest BCUT2D eigenvalue weighted by Crippen LogP contribution is 2.23. The lowest BCUT2D eigenvalue weighted by molar-refractivity contribution is 0.203. The van der Waals surface area contributed by atoms with E-state index in [9.17, 15) is 0 Å². The number of hydrogen-bond donors (Lipinski definition) is 2. The molecule has 1 unspecified atom stereocenters. The van der Waals surface area contributed by atoms with Gasteiger partial charge in [-0.05, 0) is 45.7 Å². The molecule has 17 heavy (non-hydrogen) atoms. The Balaban J connectivity index is 2.32. The van der Waals surface area contributed by atoms with Gasteiger partial charge in [-0.3, -0.25) is 5.41 Å². The molecule has 100 valence electrons. The van der Waals surface area contributed by atoms with Crippen molar-refractivity contribution in [2.45, 2.75) is 65.3 Å². The maximum atomic E-state index is 7.56. The highest BCUT2D eigenvalue weighted by atomic mass is 15.1. The second-order valence-electron chi connectivity index (χ2n) is 6.14. The Labute approximate surface area is 106 Å². The van der Waals surface area contributed by atoms with E-state index >= 15 is 0 Å². The van der Waals surface area contributed by atoms with E-state index in [2.05, 4.69) is 25.7 Å². The molecule has 1 aliphatic heterocycles. The number of rotatable bonds is 5. The minimum atomic E-state index is -0.130. The van der Waals surface area contributed by atoms with Crippen molar-refractivity contribution in [1.82, 2.24) is 4.90 Å². The fourth-order valence-electron chi connectivity index (χ4n) is 2.53. The van der Waals surface area contributed by atoms with Crippen LogP contribution in [0.15, 0.2) is 0 Å². The number of nitrogens with two attached hydrogens (primary N) is 1. The largest absolute Gasteiger partial charge is 0.387 e. The zero-order valence-electron chi connectivity index (χ0n) is 11.8. The summed E-state index contributed by atoms with van der Waals surface area (Å²) in [6.07, 6.45) is 7.63. The molecule has 0 saturated carbocycles. The molecule has 1 atom stereocenters. The van der Waals surface area contributed by atoms with Gasteiger partial charge in [0.25, 0.3) is 0 Å². The van der Waals surface area contributed by atoms with E-state index in [0.29, 0.717) is 5.84 Å². The molecule has 0 bridgehead atoms. The molecular formula is C14H29N3. The van der Waals surface area contributed by atoms with Gasteiger partial charge in [-0.15, -0.1) is 0 Å². The Hall–Kier alpha value is -0.570. The summed E-state index contributed by atoms with van der Waals surface area (Å²) in [4.78, 5) is 2.61. The van der Waals surface area contributed by atoms with Crippen molar-refractivity contribution in [3.8, 4) is 0 Å². The van der Waals surface area contributed by atoms with Crippen molar-refractivity contribution in [3.63, 3.8) is 0 Å². The minimum Gasteiger partial charge on any atom is -0.387 e. The first-order valence-electron chi connectivity index (χ1n) is 7.02. The van der Waals surface area contributed by atoms with Gasteiger partial charge in [0.05, 0.1) is 5.84 Å². The van der Waals surface area contributed by atoms with Gasteiger partial charge in [0.15, 0.2) is 0 Å². The fourth-order valence-corrected chi connectivity index (χ4v) is 2.53. The first-order valence-corrected chi connectivity index (χ1v) is 7.02. The topological polar surface area (TPSA) is 53.1 Å². The summed E-state index contributed by atoms with van der Waals surface area (Å²) < 4.78 is 0. The third kappa shape index (κ3) is 4.66. The van der Waals surface area contributed by atoms with Crippen molar-refractivity contribution in [1.29, 1.82) is 5.41 Å². The van der Waals surface area contributed by atoms with Crippen LogP contribution in [-0.2, 0) is 0 Å². The van der Waals surface area contributed by atoms with Crippen LogP contribution in [0.2, 0.25) is 0 Å². The second-order valence-corrected chi connectivity index (χ2v) is 6.14. The Morgan fingerprint density at radius 2 is 2.06 bits per heavy atom. The van der Waals surface area contributed by atoms with Crippen LogP contribution < -0.4 is 5.73 Å². The minimum absolute atomic E-state index is 0.130. The van der Waals surface area contributed by atoms with E-state index in [1.807, 2.05) is 0 Å². The normalized spacial score (nSPS) is 23.4. The molecule has 0 aliphatic carbocycles. The summed E-state index contributed by atoms with van der Waals surface area (Å²) in [5, 5.41) is 7.56. The van der Waals surface area contributed by atoms with Gasteiger partial charge in [0.2, 0.25) is 0 Å². The molecule has 1 heterocycles. The average Bonchev–Trinajstić information content (AvgIpc) is 2.44. The molecule has 1 fully saturated rings. The van der Waals surface area contributed by atoms with Crippen LogP contribution in [0.3, 0.4) is 0 Å². The summed E-state index contributed by atoms with van der Waals surface area (Å²) >= 11 is 0. The van der Waals surface area contributed by atoms with E-state index < -0.39 is 0 Å². The predicted octanol–water partition coefficient (Wildman–Crippen LogP) is 2.99. The molecule has 3 N–H and O–H groups in total. The van der Waals surface area contributed by atoms with Crippen LogP contribution in [0.1, 0.15) is 59.3 Å². The Kier molecular flexibility index (Phi) is 5.44. The molecule has 0 spiro atoms. The van der Waals surface area contributed by atoms with Gasteiger partial charge in [-0.1, -0.05) is 26.7 Å².